The van der Waals surface area contributed by atoms with Gasteiger partial charge in [-0.05, 0) is 34.8 Å². The van der Waals surface area contributed by atoms with Crippen molar-refractivity contribution in [2.45, 2.75) is 30.6 Å². The molecule has 0 aromatic heterocycles. The molecule has 0 saturated heterocycles. The van der Waals surface area contributed by atoms with E-state index in [1.54, 1.807) is 0 Å². The standard InChI is InChI=1S/C13H16BrF2NO3S/c14-10-5-9(15)6-11(16)12(10)21(19,20)17-7-13(8-18)3-1-2-4-13/h5-6,17-18H,1-4,7-8H2. The van der Waals surface area contributed by atoms with Gasteiger partial charge in [-0.25, -0.2) is 21.9 Å². The zero-order valence-corrected chi connectivity index (χ0v) is 13.6. The maximum atomic E-state index is 13.7. The molecule has 118 valence electrons. The summed E-state index contributed by atoms with van der Waals surface area (Å²) in [6, 6.07) is 1.42. The highest BCUT2D eigenvalue weighted by molar-refractivity contribution is 9.10. The van der Waals surface area contributed by atoms with Crippen molar-refractivity contribution in [2.75, 3.05) is 13.2 Å². The Hall–Kier alpha value is -0.570. The highest BCUT2D eigenvalue weighted by Gasteiger charge is 2.35. The van der Waals surface area contributed by atoms with E-state index in [-0.39, 0.29) is 17.6 Å². The average molecular weight is 384 g/mol. The lowest BCUT2D eigenvalue weighted by Gasteiger charge is -2.26. The maximum absolute atomic E-state index is 13.7. The van der Waals surface area contributed by atoms with Crippen LogP contribution in [0.3, 0.4) is 0 Å². The molecule has 21 heavy (non-hydrogen) atoms. The van der Waals surface area contributed by atoms with E-state index in [0.717, 1.165) is 31.7 Å². The van der Waals surface area contributed by atoms with Crippen LogP contribution < -0.4 is 4.72 Å². The van der Waals surface area contributed by atoms with Crippen LogP contribution in [0.2, 0.25) is 0 Å². The topological polar surface area (TPSA) is 66.4 Å². The van der Waals surface area contributed by atoms with E-state index in [4.69, 9.17) is 0 Å². The van der Waals surface area contributed by atoms with Gasteiger partial charge in [-0.2, -0.15) is 0 Å². The third kappa shape index (κ3) is 3.61. The average Bonchev–Trinajstić information content (AvgIpc) is 2.84. The zero-order valence-electron chi connectivity index (χ0n) is 11.2. The smallest absolute Gasteiger partial charge is 0.244 e. The first kappa shape index (κ1) is 16.8. The SMILES string of the molecule is O=S(=O)(NCC1(CO)CCCC1)c1c(F)cc(F)cc1Br. The number of halogens is 3. The fourth-order valence-electron chi connectivity index (χ4n) is 2.62. The molecule has 0 radical (unpaired) electrons. The molecular weight excluding hydrogens is 368 g/mol. The summed E-state index contributed by atoms with van der Waals surface area (Å²) in [5, 5.41) is 9.46. The monoisotopic (exact) mass is 383 g/mol. The number of hydrogen-bond acceptors (Lipinski definition) is 3. The minimum absolute atomic E-state index is 0.0368. The van der Waals surface area contributed by atoms with Gasteiger partial charge in [0.15, 0.2) is 0 Å². The largest absolute Gasteiger partial charge is 0.396 e. The lowest BCUT2D eigenvalue weighted by Crippen LogP contribution is -2.38. The molecule has 0 aliphatic heterocycles. The van der Waals surface area contributed by atoms with Crippen molar-refractivity contribution in [3.8, 4) is 0 Å². The van der Waals surface area contributed by atoms with Gasteiger partial charge in [0, 0.05) is 29.1 Å². The van der Waals surface area contributed by atoms with Crippen LogP contribution in [0, 0.1) is 17.0 Å². The summed E-state index contributed by atoms with van der Waals surface area (Å²) in [4.78, 5) is -0.616. The van der Waals surface area contributed by atoms with E-state index in [1.807, 2.05) is 0 Å². The van der Waals surface area contributed by atoms with Crippen LogP contribution in [0.5, 0.6) is 0 Å². The third-order valence-electron chi connectivity index (χ3n) is 3.87. The van der Waals surface area contributed by atoms with Crippen LogP contribution >= 0.6 is 15.9 Å². The van der Waals surface area contributed by atoms with E-state index in [9.17, 15) is 22.3 Å². The summed E-state index contributed by atoms with van der Waals surface area (Å²) >= 11 is 2.87. The van der Waals surface area contributed by atoms with Crippen molar-refractivity contribution in [3.05, 3.63) is 28.2 Å². The highest BCUT2D eigenvalue weighted by atomic mass is 79.9. The molecule has 1 aromatic carbocycles. The quantitative estimate of drug-likeness (QED) is 0.820. The Labute approximate surface area is 130 Å². The van der Waals surface area contributed by atoms with Gasteiger partial charge in [-0.1, -0.05) is 12.8 Å². The number of benzene rings is 1. The van der Waals surface area contributed by atoms with Crippen molar-refractivity contribution < 1.29 is 22.3 Å². The Morgan fingerprint density at radius 2 is 1.90 bits per heavy atom. The first-order valence-corrected chi connectivity index (χ1v) is 8.82. The molecule has 1 aromatic rings. The summed E-state index contributed by atoms with van der Waals surface area (Å²) in [6.45, 7) is -0.0856. The molecule has 0 bridgehead atoms. The molecule has 0 spiro atoms. The number of sulfonamides is 1. The van der Waals surface area contributed by atoms with Crippen LogP contribution in [0.25, 0.3) is 0 Å². The fraction of sp³-hybridized carbons (Fsp3) is 0.538. The second kappa shape index (κ2) is 6.28. The summed E-state index contributed by atoms with van der Waals surface area (Å²) < 4.78 is 53.4. The van der Waals surface area contributed by atoms with Crippen LogP contribution in [-0.2, 0) is 10.0 Å². The maximum Gasteiger partial charge on any atom is 0.244 e. The Morgan fingerprint density at radius 3 is 2.43 bits per heavy atom. The number of aliphatic hydroxyl groups excluding tert-OH is 1. The van der Waals surface area contributed by atoms with Gasteiger partial charge in [0.2, 0.25) is 10.0 Å². The predicted molar refractivity (Wildman–Crippen MR) is 77.2 cm³/mol. The molecule has 1 aliphatic rings. The molecule has 0 unspecified atom stereocenters. The van der Waals surface area contributed by atoms with Crippen LogP contribution in [0.1, 0.15) is 25.7 Å². The first-order chi connectivity index (χ1) is 9.80. The molecule has 1 fully saturated rings. The third-order valence-corrected chi connectivity index (χ3v) is 6.23. The van der Waals surface area contributed by atoms with E-state index < -0.39 is 32.0 Å². The molecule has 8 heteroatoms. The molecule has 2 rings (SSSR count). The minimum Gasteiger partial charge on any atom is -0.396 e. The first-order valence-electron chi connectivity index (χ1n) is 6.55. The van der Waals surface area contributed by atoms with Gasteiger partial charge in [-0.15, -0.1) is 0 Å². The number of nitrogens with one attached hydrogen (secondary N) is 1. The minimum atomic E-state index is -4.12. The molecule has 1 saturated carbocycles. The molecule has 0 atom stereocenters. The van der Waals surface area contributed by atoms with Crippen molar-refractivity contribution >= 4 is 26.0 Å². The zero-order chi connectivity index (χ0) is 15.7. The van der Waals surface area contributed by atoms with Gasteiger partial charge in [-0.3, -0.25) is 0 Å². The van der Waals surface area contributed by atoms with E-state index in [1.165, 1.54) is 0 Å². The van der Waals surface area contributed by atoms with Gasteiger partial charge in [0.05, 0.1) is 0 Å². The summed E-state index contributed by atoms with van der Waals surface area (Å²) in [7, 11) is -4.12. The molecular formula is C13H16BrF2NO3S. The number of hydrogen-bond donors (Lipinski definition) is 2. The lowest BCUT2D eigenvalue weighted by molar-refractivity contribution is 0.134. The van der Waals surface area contributed by atoms with Crippen molar-refractivity contribution in [1.29, 1.82) is 0 Å². The summed E-state index contributed by atoms with van der Waals surface area (Å²) in [6.07, 6.45) is 3.30. The van der Waals surface area contributed by atoms with Crippen LogP contribution in [-0.4, -0.2) is 26.7 Å². The molecule has 0 amide bonds. The number of rotatable bonds is 5. The normalized spacial score (nSPS) is 18.1. The van der Waals surface area contributed by atoms with E-state index >= 15 is 0 Å². The van der Waals surface area contributed by atoms with Gasteiger partial charge >= 0.3 is 0 Å². The van der Waals surface area contributed by atoms with Crippen molar-refractivity contribution in [3.63, 3.8) is 0 Å². The molecule has 2 N–H and O–H groups in total. The van der Waals surface area contributed by atoms with Gasteiger partial charge in [0.25, 0.3) is 0 Å². The molecule has 4 nitrogen and oxygen atoms in total. The number of aliphatic hydroxyl groups is 1. The Balaban J connectivity index is 2.23. The highest BCUT2D eigenvalue weighted by Crippen LogP contribution is 2.37. The second-order valence-corrected chi connectivity index (χ2v) is 7.95. The van der Waals surface area contributed by atoms with Crippen LogP contribution in [0.15, 0.2) is 21.5 Å². The van der Waals surface area contributed by atoms with E-state index in [2.05, 4.69) is 20.7 Å². The predicted octanol–water partition coefficient (Wildman–Crippen LogP) is 2.56. The van der Waals surface area contributed by atoms with Gasteiger partial charge < -0.3 is 5.11 Å². The lowest BCUT2D eigenvalue weighted by atomic mass is 9.88. The Bertz CT molecular complexity index is 607. The summed E-state index contributed by atoms with van der Waals surface area (Å²) in [5.41, 5.74) is -0.490. The van der Waals surface area contributed by atoms with Crippen molar-refractivity contribution in [1.82, 2.24) is 4.72 Å². The Morgan fingerprint density at radius 1 is 1.29 bits per heavy atom. The Kier molecular flexibility index (Phi) is 5.02. The van der Waals surface area contributed by atoms with Crippen molar-refractivity contribution in [2.24, 2.45) is 5.41 Å². The van der Waals surface area contributed by atoms with Gasteiger partial charge in [0.1, 0.15) is 16.5 Å². The molecule has 1 aliphatic carbocycles. The summed E-state index contributed by atoms with van der Waals surface area (Å²) in [5.74, 6) is -2.01. The fourth-order valence-corrected chi connectivity index (χ4v) is 4.94. The molecule has 0 heterocycles. The van der Waals surface area contributed by atoms with E-state index in [0.29, 0.717) is 6.07 Å². The van der Waals surface area contributed by atoms with Crippen LogP contribution in [0.4, 0.5) is 8.78 Å². The second-order valence-electron chi connectivity index (χ2n) is 5.39.